The third-order valence-corrected chi connectivity index (χ3v) is 3.20. The topological polar surface area (TPSA) is 47.6 Å². The number of benzene rings is 2. The Labute approximate surface area is 117 Å². The molecule has 1 unspecified atom stereocenters. The highest BCUT2D eigenvalue weighted by Gasteiger charge is 2.27. The minimum Gasteiger partial charge on any atom is -0.485 e. The monoisotopic (exact) mass is 269 g/mol. The number of rotatable bonds is 2. The van der Waals surface area contributed by atoms with Crippen LogP contribution in [0, 0.1) is 6.92 Å². The van der Waals surface area contributed by atoms with Crippen LogP contribution >= 0.6 is 0 Å². The molecule has 3 rings (SSSR count). The van der Waals surface area contributed by atoms with Crippen molar-refractivity contribution < 1.29 is 14.3 Å². The highest BCUT2D eigenvalue weighted by molar-refractivity contribution is 5.95. The fraction of sp³-hybridized carbons (Fsp3) is 0.188. The first-order chi connectivity index (χ1) is 9.74. The van der Waals surface area contributed by atoms with Gasteiger partial charge in [-0.3, -0.25) is 4.79 Å². The molecule has 0 fully saturated rings. The van der Waals surface area contributed by atoms with Crippen LogP contribution < -0.4 is 14.8 Å². The molecule has 0 aliphatic carbocycles. The summed E-state index contributed by atoms with van der Waals surface area (Å²) in [5.74, 6) is 1.07. The van der Waals surface area contributed by atoms with E-state index in [9.17, 15) is 4.79 Å². The largest absolute Gasteiger partial charge is 0.485 e. The minimum absolute atomic E-state index is 0.200. The molecule has 1 heterocycles. The smallest absolute Gasteiger partial charge is 0.269 e. The van der Waals surface area contributed by atoms with Gasteiger partial charge in [0.2, 0.25) is 6.10 Å². The molecule has 20 heavy (non-hydrogen) atoms. The van der Waals surface area contributed by atoms with Gasteiger partial charge in [0, 0.05) is 5.69 Å². The van der Waals surface area contributed by atoms with Gasteiger partial charge in [-0.2, -0.15) is 0 Å². The van der Waals surface area contributed by atoms with E-state index in [1.807, 2.05) is 49.4 Å². The molecule has 102 valence electrons. The highest BCUT2D eigenvalue weighted by Crippen LogP contribution is 2.31. The van der Waals surface area contributed by atoms with Crippen molar-refractivity contribution in [2.45, 2.75) is 13.0 Å². The first kappa shape index (κ1) is 12.5. The van der Waals surface area contributed by atoms with Gasteiger partial charge in [-0.1, -0.05) is 30.3 Å². The maximum Gasteiger partial charge on any atom is 0.269 e. The van der Waals surface area contributed by atoms with E-state index in [1.165, 1.54) is 0 Å². The molecular formula is C16H15NO3. The molecule has 1 N–H and O–H groups in total. The number of carbonyl (C=O) groups excluding carboxylic acids is 1. The van der Waals surface area contributed by atoms with Crippen LogP contribution in [0.5, 0.6) is 11.5 Å². The Bertz CT molecular complexity index is 639. The second-order valence-corrected chi connectivity index (χ2v) is 4.67. The molecule has 4 nitrogen and oxygen atoms in total. The quantitative estimate of drug-likeness (QED) is 0.912. The van der Waals surface area contributed by atoms with E-state index in [-0.39, 0.29) is 12.5 Å². The molecule has 0 bridgehead atoms. The van der Waals surface area contributed by atoms with Crippen molar-refractivity contribution in [1.82, 2.24) is 0 Å². The van der Waals surface area contributed by atoms with Gasteiger partial charge in [0.25, 0.3) is 5.91 Å². The molecule has 0 aromatic heterocycles. The van der Waals surface area contributed by atoms with E-state index >= 15 is 0 Å². The van der Waals surface area contributed by atoms with Crippen LogP contribution in [0.2, 0.25) is 0 Å². The van der Waals surface area contributed by atoms with Gasteiger partial charge in [-0.15, -0.1) is 0 Å². The summed E-state index contributed by atoms with van der Waals surface area (Å²) in [4.78, 5) is 12.2. The van der Waals surface area contributed by atoms with Gasteiger partial charge in [0.15, 0.2) is 11.5 Å². The van der Waals surface area contributed by atoms with Gasteiger partial charge in [-0.05, 0) is 30.7 Å². The first-order valence-corrected chi connectivity index (χ1v) is 6.49. The second kappa shape index (κ2) is 5.25. The first-order valence-electron chi connectivity index (χ1n) is 6.49. The summed E-state index contributed by atoms with van der Waals surface area (Å²) < 4.78 is 11.2. The van der Waals surface area contributed by atoms with Gasteiger partial charge >= 0.3 is 0 Å². The number of ether oxygens (including phenoxy) is 2. The zero-order valence-electron chi connectivity index (χ0n) is 11.1. The van der Waals surface area contributed by atoms with Crippen LogP contribution in [0.4, 0.5) is 5.69 Å². The molecule has 1 atom stereocenters. The third-order valence-electron chi connectivity index (χ3n) is 3.20. The Morgan fingerprint density at radius 3 is 2.60 bits per heavy atom. The van der Waals surface area contributed by atoms with Crippen molar-refractivity contribution in [2.75, 3.05) is 11.9 Å². The number of para-hydroxylation sites is 3. The Kier molecular flexibility index (Phi) is 3.29. The van der Waals surface area contributed by atoms with Gasteiger partial charge in [0.1, 0.15) is 6.61 Å². The van der Waals surface area contributed by atoms with Crippen molar-refractivity contribution in [3.8, 4) is 11.5 Å². The van der Waals surface area contributed by atoms with Crippen molar-refractivity contribution in [2.24, 2.45) is 0 Å². The van der Waals surface area contributed by atoms with Gasteiger partial charge in [0.05, 0.1) is 0 Å². The van der Waals surface area contributed by atoms with Crippen LogP contribution in [0.15, 0.2) is 48.5 Å². The Morgan fingerprint density at radius 1 is 1.10 bits per heavy atom. The SMILES string of the molecule is Cc1ccccc1NC(=O)C1COc2ccccc2O1. The predicted molar refractivity (Wildman–Crippen MR) is 76.2 cm³/mol. The summed E-state index contributed by atoms with van der Waals surface area (Å²) >= 11 is 0. The summed E-state index contributed by atoms with van der Waals surface area (Å²) in [6, 6.07) is 15.0. The number of hydrogen-bond donors (Lipinski definition) is 1. The van der Waals surface area contributed by atoms with E-state index in [4.69, 9.17) is 9.47 Å². The standard InChI is InChI=1S/C16H15NO3/c1-11-6-2-3-7-12(11)17-16(18)15-10-19-13-8-4-5-9-14(13)20-15/h2-9,15H,10H2,1H3,(H,17,18). The Balaban J connectivity index is 1.72. The minimum atomic E-state index is -0.635. The zero-order valence-corrected chi connectivity index (χ0v) is 11.1. The third kappa shape index (κ3) is 2.45. The molecule has 4 heteroatoms. The van der Waals surface area contributed by atoms with E-state index in [1.54, 1.807) is 6.07 Å². The number of nitrogens with one attached hydrogen (secondary N) is 1. The maximum absolute atomic E-state index is 12.2. The average Bonchev–Trinajstić information content (AvgIpc) is 2.49. The van der Waals surface area contributed by atoms with Crippen molar-refractivity contribution >= 4 is 11.6 Å². The lowest BCUT2D eigenvalue weighted by molar-refractivity contribution is -0.125. The lowest BCUT2D eigenvalue weighted by Gasteiger charge is -2.25. The molecule has 1 amide bonds. The second-order valence-electron chi connectivity index (χ2n) is 4.67. The van der Waals surface area contributed by atoms with Crippen LogP contribution in [-0.2, 0) is 4.79 Å². The molecule has 0 radical (unpaired) electrons. The summed E-state index contributed by atoms with van der Waals surface area (Å²) in [7, 11) is 0. The van der Waals surface area contributed by atoms with Gasteiger partial charge < -0.3 is 14.8 Å². The molecule has 0 spiro atoms. The number of hydrogen-bond acceptors (Lipinski definition) is 3. The summed E-state index contributed by atoms with van der Waals surface area (Å²) in [6.45, 7) is 2.16. The van der Waals surface area contributed by atoms with E-state index < -0.39 is 6.10 Å². The van der Waals surface area contributed by atoms with E-state index in [0.29, 0.717) is 11.5 Å². The lowest BCUT2D eigenvalue weighted by atomic mass is 10.2. The van der Waals surface area contributed by atoms with Crippen LogP contribution in [0.25, 0.3) is 0 Å². The Morgan fingerprint density at radius 2 is 1.80 bits per heavy atom. The fourth-order valence-electron chi connectivity index (χ4n) is 2.08. The number of aryl methyl sites for hydroxylation is 1. The summed E-state index contributed by atoms with van der Waals surface area (Å²) in [5.41, 5.74) is 1.80. The lowest BCUT2D eigenvalue weighted by Crippen LogP contribution is -2.40. The van der Waals surface area contributed by atoms with E-state index in [2.05, 4.69) is 5.32 Å². The number of amides is 1. The van der Waals surface area contributed by atoms with Crippen molar-refractivity contribution in [3.63, 3.8) is 0 Å². The average molecular weight is 269 g/mol. The molecule has 0 saturated carbocycles. The van der Waals surface area contributed by atoms with Crippen LogP contribution in [0.3, 0.4) is 0 Å². The molecule has 2 aromatic carbocycles. The summed E-state index contributed by atoms with van der Waals surface area (Å²) in [6.07, 6.45) is -0.635. The fourth-order valence-corrected chi connectivity index (χ4v) is 2.08. The van der Waals surface area contributed by atoms with Crippen molar-refractivity contribution in [3.05, 3.63) is 54.1 Å². The Hall–Kier alpha value is -2.49. The highest BCUT2D eigenvalue weighted by atomic mass is 16.6. The molecule has 1 aliphatic heterocycles. The number of carbonyl (C=O) groups is 1. The maximum atomic E-state index is 12.2. The van der Waals surface area contributed by atoms with Crippen LogP contribution in [0.1, 0.15) is 5.56 Å². The van der Waals surface area contributed by atoms with Crippen LogP contribution in [-0.4, -0.2) is 18.6 Å². The van der Waals surface area contributed by atoms with E-state index in [0.717, 1.165) is 11.3 Å². The molecular weight excluding hydrogens is 254 g/mol. The molecule has 2 aromatic rings. The van der Waals surface area contributed by atoms with Gasteiger partial charge in [-0.25, -0.2) is 0 Å². The van der Waals surface area contributed by atoms with Crippen molar-refractivity contribution in [1.29, 1.82) is 0 Å². The summed E-state index contributed by atoms with van der Waals surface area (Å²) in [5, 5.41) is 2.87. The normalized spacial score (nSPS) is 16.6. The predicted octanol–water partition coefficient (Wildman–Crippen LogP) is 2.77. The zero-order chi connectivity index (χ0) is 13.9. The number of anilines is 1. The molecule has 0 saturated heterocycles. The number of fused-ring (bicyclic) bond motifs is 1. The molecule has 1 aliphatic rings.